The molecular formula is C14H19N7O2. The summed E-state index contributed by atoms with van der Waals surface area (Å²) in [5.74, 6) is 2.78. The van der Waals surface area contributed by atoms with Gasteiger partial charge in [-0.15, -0.1) is 10.2 Å². The number of carbonyl (C=O) groups excluding carboxylic acids is 1. The van der Waals surface area contributed by atoms with Crippen LogP contribution in [0.1, 0.15) is 29.2 Å². The van der Waals surface area contributed by atoms with Crippen LogP contribution in [0.25, 0.3) is 0 Å². The summed E-state index contributed by atoms with van der Waals surface area (Å²) in [5, 5.41) is 11.3. The Bertz CT molecular complexity index is 728. The maximum atomic E-state index is 12.0. The van der Waals surface area contributed by atoms with Crippen molar-refractivity contribution in [1.82, 2.24) is 29.6 Å². The first-order chi connectivity index (χ1) is 11.1. The van der Waals surface area contributed by atoms with E-state index in [1.807, 2.05) is 11.5 Å². The molecule has 0 unspecified atom stereocenters. The highest BCUT2D eigenvalue weighted by molar-refractivity contribution is 5.91. The van der Waals surface area contributed by atoms with Crippen LogP contribution in [0.5, 0.6) is 5.88 Å². The number of aryl methyl sites for hydroxylation is 1. The molecule has 0 saturated carbocycles. The first-order valence-corrected chi connectivity index (χ1v) is 7.48. The number of aromatic nitrogens is 5. The quantitative estimate of drug-likeness (QED) is 0.856. The summed E-state index contributed by atoms with van der Waals surface area (Å²) in [6.07, 6.45) is 0. The minimum atomic E-state index is -0.105. The van der Waals surface area contributed by atoms with Gasteiger partial charge in [0.2, 0.25) is 11.7 Å². The standard InChI is InChI=1S/C14H19N7O2/c1-4-23-12-7-10(16-9(2)17-12)15-8-11-18-19-13-14(22)20(3)5-6-21(11)13/h7H,4-6,8H2,1-3H3,(H,15,16,17). The van der Waals surface area contributed by atoms with Crippen molar-refractivity contribution >= 4 is 11.7 Å². The van der Waals surface area contributed by atoms with Gasteiger partial charge in [0.25, 0.3) is 5.91 Å². The second-order valence-corrected chi connectivity index (χ2v) is 5.24. The van der Waals surface area contributed by atoms with E-state index in [0.29, 0.717) is 55.4 Å². The van der Waals surface area contributed by atoms with Crippen LogP contribution in [-0.2, 0) is 13.1 Å². The van der Waals surface area contributed by atoms with Gasteiger partial charge in [-0.25, -0.2) is 4.98 Å². The lowest BCUT2D eigenvalue weighted by molar-refractivity contribution is 0.0740. The molecule has 1 aliphatic rings. The molecule has 1 amide bonds. The van der Waals surface area contributed by atoms with Crippen LogP contribution >= 0.6 is 0 Å². The maximum Gasteiger partial charge on any atom is 0.291 e. The van der Waals surface area contributed by atoms with Crippen LogP contribution in [0.3, 0.4) is 0 Å². The number of nitrogens with one attached hydrogen (secondary N) is 1. The summed E-state index contributed by atoms with van der Waals surface area (Å²) in [6, 6.07) is 1.74. The smallest absolute Gasteiger partial charge is 0.291 e. The number of carbonyl (C=O) groups is 1. The van der Waals surface area contributed by atoms with Gasteiger partial charge in [-0.2, -0.15) is 4.98 Å². The van der Waals surface area contributed by atoms with Crippen molar-refractivity contribution in [1.29, 1.82) is 0 Å². The Morgan fingerprint density at radius 3 is 2.91 bits per heavy atom. The van der Waals surface area contributed by atoms with Crippen molar-refractivity contribution in [3.63, 3.8) is 0 Å². The topological polar surface area (TPSA) is 98.1 Å². The number of likely N-dealkylation sites (N-methyl/N-ethyl adjacent to an activating group) is 1. The summed E-state index contributed by atoms with van der Waals surface area (Å²) < 4.78 is 7.25. The van der Waals surface area contributed by atoms with Crippen molar-refractivity contribution < 1.29 is 9.53 Å². The van der Waals surface area contributed by atoms with E-state index >= 15 is 0 Å². The van der Waals surface area contributed by atoms with E-state index in [1.165, 1.54) is 0 Å². The van der Waals surface area contributed by atoms with E-state index in [0.717, 1.165) is 0 Å². The summed E-state index contributed by atoms with van der Waals surface area (Å²) in [4.78, 5) is 22.2. The molecule has 1 N–H and O–H groups in total. The lowest BCUT2D eigenvalue weighted by Gasteiger charge is -2.23. The average Bonchev–Trinajstić information content (AvgIpc) is 2.92. The molecule has 0 radical (unpaired) electrons. The van der Waals surface area contributed by atoms with Gasteiger partial charge in [0, 0.05) is 26.2 Å². The zero-order valence-electron chi connectivity index (χ0n) is 13.4. The number of anilines is 1. The molecule has 1 aliphatic heterocycles. The van der Waals surface area contributed by atoms with Crippen LogP contribution < -0.4 is 10.1 Å². The Morgan fingerprint density at radius 2 is 2.13 bits per heavy atom. The Hall–Kier alpha value is -2.71. The summed E-state index contributed by atoms with van der Waals surface area (Å²) in [5.41, 5.74) is 0. The molecule has 0 aromatic carbocycles. The molecule has 2 aromatic rings. The third-order valence-corrected chi connectivity index (χ3v) is 3.56. The number of ether oxygens (including phenoxy) is 1. The summed E-state index contributed by atoms with van der Waals surface area (Å²) in [6.45, 7) is 6.02. The van der Waals surface area contributed by atoms with Crippen molar-refractivity contribution in [2.45, 2.75) is 26.9 Å². The van der Waals surface area contributed by atoms with Crippen molar-refractivity contribution in [2.24, 2.45) is 0 Å². The minimum absolute atomic E-state index is 0.105. The molecule has 0 spiro atoms. The third kappa shape index (κ3) is 3.08. The Kier molecular flexibility index (Phi) is 4.09. The molecule has 0 bridgehead atoms. The molecule has 3 rings (SSSR count). The fourth-order valence-corrected chi connectivity index (χ4v) is 2.40. The highest BCUT2D eigenvalue weighted by Crippen LogP contribution is 2.15. The third-order valence-electron chi connectivity index (χ3n) is 3.56. The highest BCUT2D eigenvalue weighted by atomic mass is 16.5. The van der Waals surface area contributed by atoms with E-state index in [1.54, 1.807) is 24.9 Å². The second kappa shape index (κ2) is 6.19. The number of hydrogen-bond donors (Lipinski definition) is 1. The van der Waals surface area contributed by atoms with Gasteiger partial charge in [-0.05, 0) is 13.8 Å². The Labute approximate surface area is 133 Å². The largest absolute Gasteiger partial charge is 0.478 e. The van der Waals surface area contributed by atoms with E-state index in [9.17, 15) is 4.79 Å². The molecule has 23 heavy (non-hydrogen) atoms. The molecule has 2 aromatic heterocycles. The predicted octanol–water partition coefficient (Wildman–Crippen LogP) is 0.473. The first-order valence-electron chi connectivity index (χ1n) is 7.48. The first kappa shape index (κ1) is 15.2. The second-order valence-electron chi connectivity index (χ2n) is 5.24. The van der Waals surface area contributed by atoms with Gasteiger partial charge in [-0.1, -0.05) is 0 Å². The zero-order valence-corrected chi connectivity index (χ0v) is 13.4. The van der Waals surface area contributed by atoms with Gasteiger partial charge >= 0.3 is 0 Å². The van der Waals surface area contributed by atoms with Gasteiger partial charge in [0.05, 0.1) is 13.2 Å². The van der Waals surface area contributed by atoms with E-state index in [2.05, 4.69) is 25.5 Å². The molecule has 0 saturated heterocycles. The Balaban J connectivity index is 1.75. The molecule has 9 heteroatoms. The summed E-state index contributed by atoms with van der Waals surface area (Å²) in [7, 11) is 1.76. The summed E-state index contributed by atoms with van der Waals surface area (Å²) >= 11 is 0. The van der Waals surface area contributed by atoms with E-state index < -0.39 is 0 Å². The van der Waals surface area contributed by atoms with Crippen LogP contribution in [0, 0.1) is 6.92 Å². The van der Waals surface area contributed by atoms with Crippen LogP contribution in [0.15, 0.2) is 6.07 Å². The number of hydrogen-bond acceptors (Lipinski definition) is 7. The molecule has 0 fully saturated rings. The van der Waals surface area contributed by atoms with Crippen molar-refractivity contribution in [3.05, 3.63) is 23.5 Å². The molecule has 9 nitrogen and oxygen atoms in total. The average molecular weight is 317 g/mol. The minimum Gasteiger partial charge on any atom is -0.478 e. The van der Waals surface area contributed by atoms with Gasteiger partial charge in [0.1, 0.15) is 11.6 Å². The SMILES string of the molecule is CCOc1cc(NCc2nnc3n2CCN(C)C3=O)nc(C)n1. The number of amides is 1. The molecule has 122 valence electrons. The molecule has 0 atom stereocenters. The van der Waals surface area contributed by atoms with E-state index in [4.69, 9.17) is 4.74 Å². The molecular weight excluding hydrogens is 298 g/mol. The normalized spacial score (nSPS) is 13.9. The maximum absolute atomic E-state index is 12.0. The predicted molar refractivity (Wildman–Crippen MR) is 82.2 cm³/mol. The fourth-order valence-electron chi connectivity index (χ4n) is 2.40. The fraction of sp³-hybridized carbons (Fsp3) is 0.500. The van der Waals surface area contributed by atoms with Crippen LogP contribution in [-0.4, -0.2) is 55.7 Å². The van der Waals surface area contributed by atoms with Crippen molar-refractivity contribution in [2.75, 3.05) is 25.5 Å². The van der Waals surface area contributed by atoms with Crippen LogP contribution in [0.4, 0.5) is 5.82 Å². The lowest BCUT2D eigenvalue weighted by atomic mass is 10.3. The van der Waals surface area contributed by atoms with Gasteiger partial charge < -0.3 is 19.5 Å². The van der Waals surface area contributed by atoms with E-state index in [-0.39, 0.29) is 5.91 Å². The highest BCUT2D eigenvalue weighted by Gasteiger charge is 2.26. The lowest BCUT2D eigenvalue weighted by Crippen LogP contribution is -2.38. The number of fused-ring (bicyclic) bond motifs is 1. The Morgan fingerprint density at radius 1 is 1.30 bits per heavy atom. The number of rotatable bonds is 5. The zero-order chi connectivity index (χ0) is 16.4. The van der Waals surface area contributed by atoms with Gasteiger partial charge in [0.15, 0.2) is 5.82 Å². The molecule has 0 aliphatic carbocycles. The molecule has 3 heterocycles. The van der Waals surface area contributed by atoms with Crippen molar-refractivity contribution in [3.8, 4) is 5.88 Å². The van der Waals surface area contributed by atoms with Gasteiger partial charge in [-0.3, -0.25) is 4.79 Å². The number of nitrogens with zero attached hydrogens (tertiary/aromatic N) is 6. The monoisotopic (exact) mass is 317 g/mol. The van der Waals surface area contributed by atoms with Crippen LogP contribution in [0.2, 0.25) is 0 Å².